The highest BCUT2D eigenvalue weighted by Crippen LogP contribution is 2.36. The number of anilines is 2. The van der Waals surface area contributed by atoms with Crippen LogP contribution in [0.4, 0.5) is 24.5 Å². The summed E-state index contributed by atoms with van der Waals surface area (Å²) in [6.07, 6.45) is -2.34. The van der Waals surface area contributed by atoms with Gasteiger partial charge in [-0.2, -0.15) is 13.2 Å². The maximum atomic E-state index is 13.7. The van der Waals surface area contributed by atoms with Gasteiger partial charge >= 0.3 is 6.18 Å². The summed E-state index contributed by atoms with van der Waals surface area (Å²) in [7, 11) is 0. The molecular weight excluding hydrogens is 475 g/mol. The number of fused-ring (bicyclic) bond motifs is 1. The number of piperidine rings is 1. The van der Waals surface area contributed by atoms with Crippen molar-refractivity contribution >= 4 is 22.3 Å². The molecule has 1 saturated heterocycles. The van der Waals surface area contributed by atoms with Crippen LogP contribution in [0.25, 0.3) is 10.9 Å². The first-order valence-corrected chi connectivity index (χ1v) is 12.6. The van der Waals surface area contributed by atoms with Crippen LogP contribution in [0.3, 0.4) is 0 Å². The van der Waals surface area contributed by atoms with Gasteiger partial charge in [0.05, 0.1) is 11.1 Å². The van der Waals surface area contributed by atoms with Crippen LogP contribution in [0.5, 0.6) is 5.75 Å². The number of aromatic nitrogens is 1. The van der Waals surface area contributed by atoms with Crippen molar-refractivity contribution in [1.29, 1.82) is 0 Å². The number of hydrogen-bond donors (Lipinski definition) is 1. The number of ether oxygens (including phenoxy) is 1. The number of halogens is 3. The summed E-state index contributed by atoms with van der Waals surface area (Å²) in [4.78, 5) is 6.83. The number of nitrogens with one attached hydrogen (secondary N) is 1. The molecule has 4 aromatic rings. The fraction of sp³-hybridized carbons (Fsp3) is 0.300. The lowest BCUT2D eigenvalue weighted by Gasteiger charge is -2.32. The van der Waals surface area contributed by atoms with Crippen LogP contribution in [0.2, 0.25) is 0 Å². The molecule has 0 unspecified atom stereocenters. The highest BCUT2D eigenvalue weighted by Gasteiger charge is 2.31. The molecule has 4 nitrogen and oxygen atoms in total. The molecule has 1 aliphatic heterocycles. The summed E-state index contributed by atoms with van der Waals surface area (Å²) >= 11 is 0. The Morgan fingerprint density at radius 2 is 1.68 bits per heavy atom. The third-order valence-corrected chi connectivity index (χ3v) is 6.89. The molecule has 0 saturated carbocycles. The number of para-hydroxylation sites is 1. The molecule has 2 heterocycles. The zero-order valence-corrected chi connectivity index (χ0v) is 20.8. The molecule has 0 bridgehead atoms. The van der Waals surface area contributed by atoms with E-state index in [0.717, 1.165) is 54.7 Å². The minimum Gasteiger partial charge on any atom is -0.492 e. The van der Waals surface area contributed by atoms with Gasteiger partial charge in [-0.3, -0.25) is 9.88 Å². The second-order valence-corrected chi connectivity index (χ2v) is 9.57. The molecule has 0 amide bonds. The van der Waals surface area contributed by atoms with Crippen molar-refractivity contribution in [3.8, 4) is 5.75 Å². The van der Waals surface area contributed by atoms with E-state index in [0.29, 0.717) is 30.4 Å². The molecular formula is C30H30F3N3O. The minimum absolute atomic E-state index is 0.201. The predicted molar refractivity (Wildman–Crippen MR) is 142 cm³/mol. The van der Waals surface area contributed by atoms with Gasteiger partial charge in [-0.15, -0.1) is 0 Å². The number of likely N-dealkylation sites (tertiary alicyclic amines) is 1. The van der Waals surface area contributed by atoms with Crippen LogP contribution >= 0.6 is 0 Å². The molecule has 1 N–H and O–H groups in total. The van der Waals surface area contributed by atoms with E-state index in [9.17, 15) is 13.2 Å². The van der Waals surface area contributed by atoms with Crippen molar-refractivity contribution in [3.63, 3.8) is 0 Å². The first-order chi connectivity index (χ1) is 17.8. The number of hydrogen-bond acceptors (Lipinski definition) is 4. The minimum atomic E-state index is -4.48. The van der Waals surface area contributed by atoms with E-state index in [2.05, 4.69) is 39.5 Å². The van der Waals surface area contributed by atoms with E-state index in [1.54, 1.807) is 6.07 Å². The largest absolute Gasteiger partial charge is 0.492 e. The van der Waals surface area contributed by atoms with Crippen LogP contribution < -0.4 is 10.1 Å². The van der Waals surface area contributed by atoms with Crippen LogP contribution in [0.15, 0.2) is 78.9 Å². The van der Waals surface area contributed by atoms with Crippen molar-refractivity contribution in [2.24, 2.45) is 0 Å². The summed E-state index contributed by atoms with van der Waals surface area (Å²) in [5.41, 5.74) is 3.22. The smallest absolute Gasteiger partial charge is 0.416 e. The quantitative estimate of drug-likeness (QED) is 0.281. The van der Waals surface area contributed by atoms with Gasteiger partial charge in [-0.1, -0.05) is 48.5 Å². The van der Waals surface area contributed by atoms with E-state index in [1.165, 1.54) is 5.56 Å². The molecule has 37 heavy (non-hydrogen) atoms. The summed E-state index contributed by atoms with van der Waals surface area (Å²) in [6, 6.07) is 23.7. The second-order valence-electron chi connectivity index (χ2n) is 9.57. The Labute approximate surface area is 215 Å². The summed E-state index contributed by atoms with van der Waals surface area (Å²) in [6.45, 7) is 4.77. The standard InChI is InChI=1S/C30H30F3N3O/c1-21-17-29(27-9-5-6-10-28(27)34-21)35-25-18-24(30(31,32)33)19-26(20-25)37-16-15-36-13-11-23(12-14-36)22-7-3-2-4-8-22/h2-10,17-20,23H,11-16H2,1H3,(H,34,35). The molecule has 192 valence electrons. The topological polar surface area (TPSA) is 37.4 Å². The molecule has 0 radical (unpaired) electrons. The van der Waals surface area contributed by atoms with Crippen molar-refractivity contribution in [2.75, 3.05) is 31.6 Å². The summed E-state index contributed by atoms with van der Waals surface area (Å²) in [5, 5.41) is 4.01. The Morgan fingerprint density at radius 1 is 0.946 bits per heavy atom. The third kappa shape index (κ3) is 6.23. The molecule has 1 fully saturated rings. The van der Waals surface area contributed by atoms with Crippen molar-refractivity contribution in [3.05, 3.63) is 95.7 Å². The van der Waals surface area contributed by atoms with Crippen LogP contribution in [-0.2, 0) is 6.18 Å². The molecule has 5 rings (SSSR count). The zero-order valence-electron chi connectivity index (χ0n) is 20.8. The fourth-order valence-electron chi connectivity index (χ4n) is 4.99. The fourth-order valence-corrected chi connectivity index (χ4v) is 4.99. The SMILES string of the molecule is Cc1cc(Nc2cc(OCCN3CCC(c4ccccc4)CC3)cc(C(F)(F)F)c2)c2ccccc2n1. The normalized spacial score (nSPS) is 15.1. The van der Waals surface area contributed by atoms with Gasteiger partial charge < -0.3 is 10.1 Å². The lowest BCUT2D eigenvalue weighted by atomic mass is 9.89. The number of benzene rings is 3. The van der Waals surface area contributed by atoms with Crippen molar-refractivity contribution in [2.45, 2.75) is 31.9 Å². The first kappa shape index (κ1) is 25.1. The van der Waals surface area contributed by atoms with E-state index in [-0.39, 0.29) is 5.75 Å². The van der Waals surface area contributed by atoms with Crippen molar-refractivity contribution in [1.82, 2.24) is 9.88 Å². The van der Waals surface area contributed by atoms with Crippen LogP contribution in [-0.4, -0.2) is 36.1 Å². The highest BCUT2D eigenvalue weighted by atomic mass is 19.4. The van der Waals surface area contributed by atoms with E-state index in [4.69, 9.17) is 4.74 Å². The van der Waals surface area contributed by atoms with Crippen LogP contribution in [0.1, 0.15) is 35.6 Å². The molecule has 7 heteroatoms. The monoisotopic (exact) mass is 505 g/mol. The molecule has 1 aromatic heterocycles. The zero-order chi connectivity index (χ0) is 25.8. The predicted octanol–water partition coefficient (Wildman–Crippen LogP) is 7.56. The Bertz CT molecular complexity index is 1350. The Hall–Kier alpha value is -3.58. The number of aryl methyl sites for hydroxylation is 1. The Kier molecular flexibility index (Phi) is 7.33. The number of alkyl halides is 3. The van der Waals surface area contributed by atoms with Gasteiger partial charge in [-0.05, 0) is 68.6 Å². The van der Waals surface area contributed by atoms with Gasteiger partial charge in [0.2, 0.25) is 0 Å². The average molecular weight is 506 g/mol. The lowest BCUT2D eigenvalue weighted by molar-refractivity contribution is -0.137. The highest BCUT2D eigenvalue weighted by molar-refractivity contribution is 5.93. The van der Waals surface area contributed by atoms with Gasteiger partial charge in [-0.25, -0.2) is 0 Å². The average Bonchev–Trinajstić information content (AvgIpc) is 2.89. The van der Waals surface area contributed by atoms with E-state index >= 15 is 0 Å². The number of rotatable bonds is 7. The Morgan fingerprint density at radius 3 is 2.43 bits per heavy atom. The molecule has 1 aliphatic rings. The second kappa shape index (κ2) is 10.8. The number of nitrogens with zero attached hydrogens (tertiary/aromatic N) is 2. The summed E-state index contributed by atoms with van der Waals surface area (Å²) < 4.78 is 46.9. The summed E-state index contributed by atoms with van der Waals surface area (Å²) in [5.74, 6) is 0.759. The molecule has 3 aromatic carbocycles. The van der Waals surface area contributed by atoms with E-state index < -0.39 is 11.7 Å². The maximum Gasteiger partial charge on any atom is 0.416 e. The van der Waals surface area contributed by atoms with E-state index in [1.807, 2.05) is 43.3 Å². The molecule has 0 aliphatic carbocycles. The first-order valence-electron chi connectivity index (χ1n) is 12.6. The molecule has 0 spiro atoms. The molecule has 0 atom stereocenters. The number of pyridine rings is 1. The van der Waals surface area contributed by atoms with Gasteiger partial charge in [0.25, 0.3) is 0 Å². The van der Waals surface area contributed by atoms with Gasteiger partial charge in [0.1, 0.15) is 12.4 Å². The Balaban J connectivity index is 1.26. The van der Waals surface area contributed by atoms with Crippen molar-refractivity contribution < 1.29 is 17.9 Å². The van der Waals surface area contributed by atoms with Crippen LogP contribution in [0, 0.1) is 6.92 Å². The third-order valence-electron chi connectivity index (χ3n) is 6.89. The van der Waals surface area contributed by atoms with Gasteiger partial charge in [0, 0.05) is 35.1 Å². The maximum absolute atomic E-state index is 13.7. The van der Waals surface area contributed by atoms with Gasteiger partial charge in [0.15, 0.2) is 0 Å². The lowest BCUT2D eigenvalue weighted by Crippen LogP contribution is -2.35.